The molecule has 0 aliphatic carbocycles. The summed E-state index contributed by atoms with van der Waals surface area (Å²) in [6.45, 7) is 3.48. The van der Waals surface area contributed by atoms with Crippen molar-refractivity contribution in [3.05, 3.63) is 135 Å². The summed E-state index contributed by atoms with van der Waals surface area (Å²) in [5, 5.41) is 25.7. The van der Waals surface area contributed by atoms with Crippen LogP contribution < -0.4 is 10.0 Å². The van der Waals surface area contributed by atoms with E-state index in [0.29, 0.717) is 0 Å². The molecule has 0 saturated carbocycles. The van der Waals surface area contributed by atoms with Crippen LogP contribution in [0.5, 0.6) is 0 Å². The van der Waals surface area contributed by atoms with Crippen LogP contribution in [0, 0.1) is 17.0 Å². The molecule has 0 N–H and O–H groups in total. The minimum Gasteiger partial charge on any atom is -0.292 e. The van der Waals surface area contributed by atoms with Gasteiger partial charge in [-0.3, -0.25) is 14.9 Å². The summed E-state index contributed by atoms with van der Waals surface area (Å²) in [6.07, 6.45) is 0. The van der Waals surface area contributed by atoms with Crippen LogP contribution in [0.3, 0.4) is 0 Å². The second kappa shape index (κ2) is 9.52. The second-order valence-corrected chi connectivity index (χ2v) is 10.4. The van der Waals surface area contributed by atoms with Crippen molar-refractivity contribution >= 4 is 45.4 Å². The van der Waals surface area contributed by atoms with Crippen LogP contribution in [0.15, 0.2) is 113 Å². The predicted molar refractivity (Wildman–Crippen MR) is 155 cm³/mol. The molecule has 2 aliphatic heterocycles. The smallest absolute Gasteiger partial charge is 0.292 e. The van der Waals surface area contributed by atoms with Gasteiger partial charge in [-0.1, -0.05) is 84.4 Å². The van der Waals surface area contributed by atoms with Crippen LogP contribution in [0.2, 0.25) is 0 Å². The third-order valence-corrected chi connectivity index (χ3v) is 8.08. The number of ketones is 1. The molecule has 4 aromatic rings. The fraction of sp³-hybridized carbons (Fsp3) is 0.100. The van der Waals surface area contributed by atoms with Crippen molar-refractivity contribution in [3.63, 3.8) is 0 Å². The lowest BCUT2D eigenvalue weighted by Crippen LogP contribution is -2.54. The monoisotopic (exact) mass is 533 g/mol. The van der Waals surface area contributed by atoms with Gasteiger partial charge in [-0.15, -0.1) is 0 Å². The molecule has 4 aromatic carbocycles. The summed E-state index contributed by atoms with van der Waals surface area (Å²) in [4.78, 5) is 23.2. The molecule has 0 bridgehead atoms. The summed E-state index contributed by atoms with van der Waals surface area (Å²) in [5.74, 6) is -0.237. The Morgan fingerprint density at radius 1 is 0.846 bits per heavy atom. The number of nitro groups is 1. The zero-order valence-corrected chi connectivity index (χ0v) is 22.0. The van der Waals surface area contributed by atoms with E-state index < -0.39 is 9.92 Å². The van der Waals surface area contributed by atoms with Gasteiger partial charge in [0.25, 0.3) is 5.69 Å². The number of hydrogen-bond acceptors (Lipinski definition) is 8. The molecule has 9 heteroatoms. The maximum atomic E-state index is 12.8. The molecule has 1 spiro atoms. The van der Waals surface area contributed by atoms with Gasteiger partial charge in [0.2, 0.25) is 4.99 Å². The fourth-order valence-corrected chi connectivity index (χ4v) is 6.13. The molecule has 8 nitrogen and oxygen atoms in total. The van der Waals surface area contributed by atoms with Gasteiger partial charge in [-0.05, 0) is 36.9 Å². The molecule has 1 unspecified atom stereocenters. The van der Waals surface area contributed by atoms with Crippen molar-refractivity contribution in [2.75, 3.05) is 10.0 Å². The number of carbonyl (C=O) groups is 1. The van der Waals surface area contributed by atoms with E-state index in [4.69, 9.17) is 10.2 Å². The number of fused-ring (bicyclic) bond motifs is 2. The maximum Gasteiger partial charge on any atom is 0.294 e. The predicted octanol–water partition coefficient (Wildman–Crippen LogP) is 6.44. The number of hydrogen-bond donors (Lipinski definition) is 0. The van der Waals surface area contributed by atoms with Crippen LogP contribution in [0.1, 0.15) is 29.2 Å². The molecular weight excluding hydrogens is 510 g/mol. The molecule has 2 aliphatic rings. The third-order valence-electron chi connectivity index (χ3n) is 6.67. The number of thioether (sulfide) groups is 1. The van der Waals surface area contributed by atoms with Crippen LogP contribution in [0.4, 0.5) is 17.1 Å². The number of rotatable bonds is 5. The summed E-state index contributed by atoms with van der Waals surface area (Å²) in [6, 6.07) is 32.0. The Morgan fingerprint density at radius 2 is 1.51 bits per heavy atom. The first-order valence-electron chi connectivity index (χ1n) is 12.3. The molecule has 0 saturated heterocycles. The number of nitrogens with zero attached hydrogens (tertiary/aromatic N) is 5. The van der Waals surface area contributed by atoms with Crippen molar-refractivity contribution in [1.82, 2.24) is 0 Å². The van der Waals surface area contributed by atoms with Gasteiger partial charge < -0.3 is 0 Å². The number of hydrazone groups is 2. The van der Waals surface area contributed by atoms with Crippen LogP contribution in [-0.4, -0.2) is 21.5 Å². The van der Waals surface area contributed by atoms with Crippen molar-refractivity contribution < 1.29 is 9.72 Å². The van der Waals surface area contributed by atoms with E-state index in [0.717, 1.165) is 33.7 Å². The summed E-state index contributed by atoms with van der Waals surface area (Å²) < 4.78 is 0. The SMILES string of the molecule is CC(=O)C1=NN(c2ccccc2[N+](=O)[O-])C2(S1)c1ccccc1C(c1ccc(C)cc1)=NN2c1ccccc1. The largest absolute Gasteiger partial charge is 0.294 e. The van der Waals surface area contributed by atoms with E-state index in [1.54, 1.807) is 23.2 Å². The minimum atomic E-state index is -1.25. The number of carbonyl (C=O) groups excluding carboxylic acids is 1. The zero-order chi connectivity index (χ0) is 27.1. The topological polar surface area (TPSA) is 91.4 Å². The Morgan fingerprint density at radius 3 is 2.23 bits per heavy atom. The van der Waals surface area contributed by atoms with Gasteiger partial charge in [0.1, 0.15) is 5.69 Å². The molecule has 2 heterocycles. The molecule has 39 heavy (non-hydrogen) atoms. The third kappa shape index (κ3) is 3.98. The lowest BCUT2D eigenvalue weighted by molar-refractivity contribution is -0.384. The zero-order valence-electron chi connectivity index (χ0n) is 21.2. The Hall–Kier alpha value is -4.76. The standard InChI is InChI=1S/C30H23N5O3S/c1-20-16-18-22(19-17-20)28-24-12-6-7-13-25(24)30(33(31-28)23-10-4-3-5-11-23)34(32-29(39-30)21(2)36)26-14-8-9-15-27(26)35(37)38/h3-19H,1-2H3. The fourth-order valence-electron chi connectivity index (χ4n) is 4.85. The molecular formula is C30H23N5O3S. The number of nitro benzene ring substituents is 1. The quantitative estimate of drug-likeness (QED) is 0.217. The molecule has 192 valence electrons. The van der Waals surface area contributed by atoms with Gasteiger partial charge in [-0.25, -0.2) is 10.0 Å². The van der Waals surface area contributed by atoms with Crippen molar-refractivity contribution in [2.24, 2.45) is 10.2 Å². The highest BCUT2D eigenvalue weighted by Gasteiger charge is 2.56. The first-order chi connectivity index (χ1) is 18.9. The summed E-state index contributed by atoms with van der Waals surface area (Å²) >= 11 is 1.23. The van der Waals surface area contributed by atoms with Gasteiger partial charge in [0, 0.05) is 29.7 Å². The normalized spacial score (nSPS) is 18.0. The second-order valence-electron chi connectivity index (χ2n) is 9.24. The van der Waals surface area contributed by atoms with E-state index in [2.05, 4.69) is 0 Å². The van der Waals surface area contributed by atoms with Crippen molar-refractivity contribution in [1.29, 1.82) is 0 Å². The van der Waals surface area contributed by atoms with Crippen LogP contribution in [0.25, 0.3) is 0 Å². The lowest BCUT2D eigenvalue weighted by atomic mass is 9.93. The van der Waals surface area contributed by atoms with Gasteiger partial charge >= 0.3 is 0 Å². The number of aryl methyl sites for hydroxylation is 1. The number of para-hydroxylation sites is 3. The molecule has 1 atom stereocenters. The highest BCUT2D eigenvalue weighted by atomic mass is 32.2. The van der Waals surface area contributed by atoms with E-state index in [1.807, 2.05) is 90.8 Å². The highest BCUT2D eigenvalue weighted by Crippen LogP contribution is 2.56. The van der Waals surface area contributed by atoms with Crippen molar-refractivity contribution in [2.45, 2.75) is 18.8 Å². The number of benzene rings is 4. The molecule has 0 fully saturated rings. The van der Waals surface area contributed by atoms with Gasteiger partial charge in [-0.2, -0.15) is 10.2 Å². The lowest BCUT2D eigenvalue weighted by Gasteiger charge is -2.46. The van der Waals surface area contributed by atoms with Crippen molar-refractivity contribution in [3.8, 4) is 0 Å². The molecule has 6 rings (SSSR count). The Balaban J connectivity index is 1.69. The van der Waals surface area contributed by atoms with E-state index in [-0.39, 0.29) is 22.2 Å². The molecule has 0 radical (unpaired) electrons. The Kier molecular flexibility index (Phi) is 6.00. The molecule has 0 amide bonds. The van der Waals surface area contributed by atoms with E-state index in [9.17, 15) is 14.9 Å². The molecule has 0 aromatic heterocycles. The Bertz CT molecular complexity index is 1670. The average molecular weight is 534 g/mol. The van der Waals surface area contributed by atoms with Crippen LogP contribution >= 0.6 is 11.8 Å². The summed E-state index contributed by atoms with van der Waals surface area (Å²) in [7, 11) is 0. The first-order valence-corrected chi connectivity index (χ1v) is 13.1. The number of Topliss-reactive ketones (excluding diaryl/α,β-unsaturated/α-hetero) is 1. The average Bonchev–Trinajstić information content (AvgIpc) is 3.36. The number of anilines is 2. The first kappa shape index (κ1) is 24.6. The summed E-state index contributed by atoms with van der Waals surface area (Å²) in [5.41, 5.74) is 5.35. The Labute approximate surface area is 229 Å². The highest BCUT2D eigenvalue weighted by molar-refractivity contribution is 8.17. The van der Waals surface area contributed by atoms with Gasteiger partial charge in [0.15, 0.2) is 10.8 Å². The maximum absolute atomic E-state index is 12.8. The van der Waals surface area contributed by atoms with Gasteiger partial charge in [0.05, 0.1) is 16.3 Å². The van der Waals surface area contributed by atoms with E-state index in [1.165, 1.54) is 24.8 Å². The minimum absolute atomic E-state index is 0.121. The van der Waals surface area contributed by atoms with Crippen LogP contribution in [-0.2, 0) is 9.79 Å². The van der Waals surface area contributed by atoms with E-state index >= 15 is 0 Å².